The Morgan fingerprint density at radius 1 is 1.06 bits per heavy atom. The zero-order valence-electron chi connectivity index (χ0n) is 18.6. The number of nitrogens with one attached hydrogen (secondary N) is 2. The average molecular weight is 485 g/mol. The van der Waals surface area contributed by atoms with Crippen molar-refractivity contribution in [2.75, 3.05) is 11.9 Å². The number of thiophene rings is 1. The molecule has 1 aromatic carbocycles. The van der Waals surface area contributed by atoms with E-state index in [1.165, 1.54) is 29.9 Å². The minimum absolute atomic E-state index is 0.00865. The van der Waals surface area contributed by atoms with Gasteiger partial charge in [-0.05, 0) is 86.6 Å². The van der Waals surface area contributed by atoms with Gasteiger partial charge in [0.25, 0.3) is 5.91 Å². The van der Waals surface area contributed by atoms with Crippen LogP contribution >= 0.6 is 23.6 Å². The van der Waals surface area contributed by atoms with E-state index in [0.29, 0.717) is 18.3 Å². The predicted octanol–water partition coefficient (Wildman–Crippen LogP) is 5.48. The zero-order valence-corrected chi connectivity index (χ0v) is 20.3. The Labute approximate surface area is 203 Å². The van der Waals surface area contributed by atoms with Crippen molar-refractivity contribution in [3.8, 4) is 0 Å². The van der Waals surface area contributed by atoms with Crippen LogP contribution in [0.1, 0.15) is 64.2 Å². The Kier molecular flexibility index (Phi) is 6.61. The Bertz CT molecular complexity index is 1070. The largest absolute Gasteiger partial charge is 0.352 e. The molecule has 1 amide bonds. The van der Waals surface area contributed by atoms with Crippen LogP contribution in [0.2, 0.25) is 0 Å². The van der Waals surface area contributed by atoms with Crippen molar-refractivity contribution < 1.29 is 14.0 Å². The first kappa shape index (κ1) is 22.7. The number of Topliss-reactive ketones (excluding diaryl/α,β-unsaturated/α-hetero) is 1. The third kappa shape index (κ3) is 5.69. The topological polar surface area (TPSA) is 58.2 Å². The van der Waals surface area contributed by atoms with E-state index in [1.54, 1.807) is 23.5 Å². The maximum atomic E-state index is 13.2. The van der Waals surface area contributed by atoms with Gasteiger partial charge in [0, 0.05) is 40.7 Å². The van der Waals surface area contributed by atoms with Crippen molar-refractivity contribution in [3.63, 3.8) is 0 Å². The lowest BCUT2D eigenvalue weighted by Crippen LogP contribution is -2.28. The molecule has 2 saturated carbocycles. The van der Waals surface area contributed by atoms with Gasteiger partial charge in [0.1, 0.15) is 11.6 Å². The number of ketones is 1. The van der Waals surface area contributed by atoms with Crippen LogP contribution in [0.25, 0.3) is 0 Å². The van der Waals surface area contributed by atoms with Gasteiger partial charge >= 0.3 is 0 Å². The molecule has 1 unspecified atom stereocenters. The quantitative estimate of drug-likeness (QED) is 0.463. The number of rotatable bonds is 9. The third-order valence-corrected chi connectivity index (χ3v) is 8.44. The van der Waals surface area contributed by atoms with E-state index in [2.05, 4.69) is 10.6 Å². The van der Waals surface area contributed by atoms with Gasteiger partial charge in [-0.1, -0.05) is 12.2 Å². The normalized spacial score (nSPS) is 19.6. The summed E-state index contributed by atoms with van der Waals surface area (Å²) in [6, 6.07) is 6.20. The maximum absolute atomic E-state index is 13.2. The predicted molar refractivity (Wildman–Crippen MR) is 134 cm³/mol. The number of anilines is 1. The minimum Gasteiger partial charge on any atom is -0.352 e. The standard InChI is InChI=1S/C26H29FN2O2S2/c27-18-6-8-19(9-7-18)29-24(32)12-16-3-10-22-20(11-16)25(26(31)28-14-15-1-2-15)23(33-22)13-21(30)17-4-5-17/h6-9,15-17H,1-5,10-14H2,(H,28,31)(H,29,32). The van der Waals surface area contributed by atoms with E-state index in [4.69, 9.17) is 12.2 Å². The molecular formula is C26H29FN2O2S2. The molecule has 0 aliphatic heterocycles. The summed E-state index contributed by atoms with van der Waals surface area (Å²) < 4.78 is 13.2. The molecule has 1 atom stereocenters. The zero-order chi connectivity index (χ0) is 22.9. The Balaban J connectivity index is 1.29. The average Bonchev–Trinajstić information content (AvgIpc) is 3.70. The molecule has 3 aliphatic rings. The van der Waals surface area contributed by atoms with Gasteiger partial charge in [-0.3, -0.25) is 9.59 Å². The van der Waals surface area contributed by atoms with Gasteiger partial charge in [-0.15, -0.1) is 11.3 Å². The number of fused-ring (bicyclic) bond motifs is 1. The number of amides is 1. The molecule has 1 heterocycles. The maximum Gasteiger partial charge on any atom is 0.252 e. The highest BCUT2D eigenvalue weighted by molar-refractivity contribution is 7.80. The fourth-order valence-corrected chi connectivity index (χ4v) is 6.35. The number of halogens is 1. The second kappa shape index (κ2) is 9.63. The van der Waals surface area contributed by atoms with Crippen LogP contribution in [0.5, 0.6) is 0 Å². The fourth-order valence-electron chi connectivity index (χ4n) is 4.64. The van der Waals surface area contributed by atoms with Crippen LogP contribution in [0.3, 0.4) is 0 Å². The Hall–Kier alpha value is -2.12. The van der Waals surface area contributed by atoms with E-state index >= 15 is 0 Å². The molecular weight excluding hydrogens is 455 g/mol. The third-order valence-electron chi connectivity index (χ3n) is 6.88. The first-order valence-electron chi connectivity index (χ1n) is 12.0. The summed E-state index contributed by atoms with van der Waals surface area (Å²) in [5.41, 5.74) is 2.69. The lowest BCUT2D eigenvalue weighted by atomic mass is 9.83. The SMILES string of the molecule is O=C(NCC1CC1)c1c(CC(=O)C2CC2)sc2c1CC(CC(=S)Nc1ccc(F)cc1)CC2. The molecule has 1 aromatic heterocycles. The van der Waals surface area contributed by atoms with Gasteiger partial charge in [0.15, 0.2) is 0 Å². The second-order valence-electron chi connectivity index (χ2n) is 9.74. The van der Waals surface area contributed by atoms with Gasteiger partial charge in [0.2, 0.25) is 0 Å². The van der Waals surface area contributed by atoms with Crippen LogP contribution in [-0.4, -0.2) is 23.2 Å². The number of aryl methyl sites for hydroxylation is 1. The van der Waals surface area contributed by atoms with Gasteiger partial charge < -0.3 is 10.6 Å². The highest BCUT2D eigenvalue weighted by Crippen LogP contribution is 2.40. The molecule has 0 radical (unpaired) electrons. The fraction of sp³-hybridized carbons (Fsp3) is 0.500. The summed E-state index contributed by atoms with van der Waals surface area (Å²) in [4.78, 5) is 28.7. The van der Waals surface area contributed by atoms with Crippen molar-refractivity contribution in [1.82, 2.24) is 5.32 Å². The first-order valence-corrected chi connectivity index (χ1v) is 13.2. The molecule has 5 rings (SSSR count). The van der Waals surface area contributed by atoms with Crippen LogP contribution in [0, 0.1) is 23.6 Å². The number of hydrogen-bond acceptors (Lipinski definition) is 4. The van der Waals surface area contributed by atoms with Gasteiger partial charge in [0.05, 0.1) is 10.6 Å². The summed E-state index contributed by atoms with van der Waals surface area (Å²) >= 11 is 7.25. The van der Waals surface area contributed by atoms with Crippen LogP contribution in [-0.2, 0) is 24.1 Å². The van der Waals surface area contributed by atoms with E-state index in [-0.39, 0.29) is 23.4 Å². The van der Waals surface area contributed by atoms with Crippen molar-refractivity contribution in [2.45, 2.75) is 57.8 Å². The lowest BCUT2D eigenvalue weighted by molar-refractivity contribution is -0.119. The highest BCUT2D eigenvalue weighted by atomic mass is 32.1. The second-order valence-corrected chi connectivity index (χ2v) is 11.4. The smallest absolute Gasteiger partial charge is 0.252 e. The van der Waals surface area contributed by atoms with Crippen LogP contribution < -0.4 is 10.6 Å². The van der Waals surface area contributed by atoms with E-state index in [0.717, 1.165) is 71.7 Å². The van der Waals surface area contributed by atoms with E-state index < -0.39 is 0 Å². The summed E-state index contributed by atoms with van der Waals surface area (Å²) in [5, 5.41) is 6.35. The van der Waals surface area contributed by atoms with Crippen LogP contribution in [0.15, 0.2) is 24.3 Å². The van der Waals surface area contributed by atoms with Crippen molar-refractivity contribution in [3.05, 3.63) is 51.0 Å². The number of carbonyl (C=O) groups excluding carboxylic acids is 2. The van der Waals surface area contributed by atoms with Crippen molar-refractivity contribution in [2.24, 2.45) is 17.8 Å². The molecule has 2 aromatic rings. The minimum atomic E-state index is -0.271. The monoisotopic (exact) mass is 484 g/mol. The number of thiocarbonyl (C=S) groups is 1. The Morgan fingerprint density at radius 3 is 2.52 bits per heavy atom. The molecule has 3 aliphatic carbocycles. The number of hydrogen-bond donors (Lipinski definition) is 2. The lowest BCUT2D eigenvalue weighted by Gasteiger charge is -2.24. The molecule has 0 spiro atoms. The summed E-state index contributed by atoms with van der Waals surface area (Å²) in [6.45, 7) is 0.731. The van der Waals surface area contributed by atoms with Gasteiger partial charge in [-0.2, -0.15) is 0 Å². The van der Waals surface area contributed by atoms with E-state index in [1.807, 2.05) is 0 Å². The molecule has 33 heavy (non-hydrogen) atoms. The Morgan fingerprint density at radius 2 is 1.82 bits per heavy atom. The molecule has 2 fully saturated rings. The molecule has 7 heteroatoms. The summed E-state index contributed by atoms with van der Waals surface area (Å²) in [5.74, 6) is 1.16. The summed E-state index contributed by atoms with van der Waals surface area (Å²) in [6.07, 6.45) is 8.22. The molecule has 2 N–H and O–H groups in total. The molecule has 0 saturated heterocycles. The van der Waals surface area contributed by atoms with Crippen molar-refractivity contribution in [1.29, 1.82) is 0 Å². The molecule has 4 nitrogen and oxygen atoms in total. The van der Waals surface area contributed by atoms with Crippen molar-refractivity contribution >= 4 is 45.9 Å². The molecule has 0 bridgehead atoms. The van der Waals surface area contributed by atoms with Gasteiger partial charge in [-0.25, -0.2) is 4.39 Å². The first-order chi connectivity index (χ1) is 16.0. The number of carbonyl (C=O) groups is 2. The highest BCUT2D eigenvalue weighted by Gasteiger charge is 2.34. The summed E-state index contributed by atoms with van der Waals surface area (Å²) in [7, 11) is 0. The molecule has 174 valence electrons. The van der Waals surface area contributed by atoms with Crippen LogP contribution in [0.4, 0.5) is 10.1 Å². The van der Waals surface area contributed by atoms with E-state index in [9.17, 15) is 14.0 Å². The number of benzene rings is 1.